The standard InChI is InChI=1S/C11H13F3N4O3/c12-11(13,14)5-16-9(21)18-10(2-1-3-10)8-15-4-6(17-8)7(19)20/h4H,1-3,5H2,(H,15,17)(H,19,20)(H2,16,18,21). The highest BCUT2D eigenvalue weighted by Gasteiger charge is 2.43. The van der Waals surface area contributed by atoms with Crippen molar-refractivity contribution in [2.24, 2.45) is 0 Å². The van der Waals surface area contributed by atoms with E-state index >= 15 is 0 Å². The Bertz CT molecular complexity index is 551. The first-order chi connectivity index (χ1) is 9.72. The van der Waals surface area contributed by atoms with Crippen LogP contribution in [0.1, 0.15) is 35.6 Å². The highest BCUT2D eigenvalue weighted by atomic mass is 19.4. The van der Waals surface area contributed by atoms with Gasteiger partial charge in [0, 0.05) is 0 Å². The lowest BCUT2D eigenvalue weighted by Gasteiger charge is -2.40. The summed E-state index contributed by atoms with van der Waals surface area (Å²) < 4.78 is 36.1. The lowest BCUT2D eigenvalue weighted by Crippen LogP contribution is -2.55. The summed E-state index contributed by atoms with van der Waals surface area (Å²) in [5.74, 6) is -0.974. The molecule has 0 aliphatic heterocycles. The number of hydrogen-bond acceptors (Lipinski definition) is 3. The molecule has 7 nitrogen and oxygen atoms in total. The maximum Gasteiger partial charge on any atom is 0.405 e. The van der Waals surface area contributed by atoms with Crippen LogP contribution in [0.5, 0.6) is 0 Å². The predicted molar refractivity (Wildman–Crippen MR) is 63.7 cm³/mol. The second kappa shape index (κ2) is 5.26. The smallest absolute Gasteiger partial charge is 0.405 e. The van der Waals surface area contributed by atoms with Gasteiger partial charge in [0.05, 0.1) is 11.7 Å². The number of imidazole rings is 1. The quantitative estimate of drug-likeness (QED) is 0.673. The van der Waals surface area contributed by atoms with Crippen LogP contribution in [-0.2, 0) is 5.54 Å². The monoisotopic (exact) mass is 306 g/mol. The number of carbonyl (C=O) groups excluding carboxylic acids is 1. The molecule has 2 rings (SSSR count). The summed E-state index contributed by atoms with van der Waals surface area (Å²) in [5.41, 5.74) is -1.09. The third-order valence-corrected chi connectivity index (χ3v) is 3.27. The molecule has 0 atom stereocenters. The second-order valence-electron chi connectivity index (χ2n) is 4.81. The first kappa shape index (κ1) is 15.1. The van der Waals surface area contributed by atoms with E-state index in [1.54, 1.807) is 5.32 Å². The van der Waals surface area contributed by atoms with Crippen LogP contribution in [0.15, 0.2) is 6.20 Å². The molecule has 0 bridgehead atoms. The molecule has 0 radical (unpaired) electrons. The largest absolute Gasteiger partial charge is 0.477 e. The molecule has 0 aromatic carbocycles. The molecule has 1 aliphatic carbocycles. The lowest BCUT2D eigenvalue weighted by molar-refractivity contribution is -0.122. The number of urea groups is 1. The van der Waals surface area contributed by atoms with Gasteiger partial charge in [0.15, 0.2) is 0 Å². The molecule has 1 aromatic rings. The van der Waals surface area contributed by atoms with Crippen molar-refractivity contribution < 1.29 is 27.9 Å². The molecule has 1 fully saturated rings. The summed E-state index contributed by atoms with van der Waals surface area (Å²) in [5, 5.41) is 13.0. The Morgan fingerprint density at radius 2 is 2.10 bits per heavy atom. The Hall–Kier alpha value is -2.26. The van der Waals surface area contributed by atoms with Crippen LogP contribution in [0, 0.1) is 0 Å². The topological polar surface area (TPSA) is 107 Å². The fourth-order valence-electron chi connectivity index (χ4n) is 2.07. The maximum absolute atomic E-state index is 12.0. The zero-order valence-electron chi connectivity index (χ0n) is 10.8. The fraction of sp³-hybridized carbons (Fsp3) is 0.545. The number of hydrogen-bond donors (Lipinski definition) is 4. The van der Waals surface area contributed by atoms with Gasteiger partial charge in [0.2, 0.25) is 0 Å². The molecule has 2 amide bonds. The Labute approximate surface area is 116 Å². The lowest BCUT2D eigenvalue weighted by atomic mass is 9.76. The van der Waals surface area contributed by atoms with E-state index in [1.165, 1.54) is 0 Å². The maximum atomic E-state index is 12.0. The summed E-state index contributed by atoms with van der Waals surface area (Å²) in [6.45, 7) is -1.44. The van der Waals surface area contributed by atoms with E-state index in [1.807, 2.05) is 0 Å². The van der Waals surface area contributed by atoms with Crippen molar-refractivity contribution in [2.45, 2.75) is 31.0 Å². The highest BCUT2D eigenvalue weighted by Crippen LogP contribution is 2.39. The van der Waals surface area contributed by atoms with Crippen LogP contribution in [0.4, 0.5) is 18.0 Å². The van der Waals surface area contributed by atoms with E-state index in [-0.39, 0.29) is 11.5 Å². The number of alkyl halides is 3. The third kappa shape index (κ3) is 3.44. The zero-order chi connectivity index (χ0) is 15.7. The van der Waals surface area contributed by atoms with E-state index in [4.69, 9.17) is 5.11 Å². The molecular formula is C11H13F3N4O3. The minimum Gasteiger partial charge on any atom is -0.477 e. The van der Waals surface area contributed by atoms with Crippen molar-refractivity contribution in [1.29, 1.82) is 0 Å². The van der Waals surface area contributed by atoms with Gasteiger partial charge in [0.1, 0.15) is 18.1 Å². The fourth-order valence-corrected chi connectivity index (χ4v) is 2.07. The van der Waals surface area contributed by atoms with Crippen LogP contribution in [-0.4, -0.2) is 39.8 Å². The minimum atomic E-state index is -4.49. The molecule has 1 aromatic heterocycles. The van der Waals surface area contributed by atoms with Gasteiger partial charge in [-0.25, -0.2) is 14.6 Å². The van der Waals surface area contributed by atoms with Gasteiger partial charge in [-0.3, -0.25) is 0 Å². The Kier molecular flexibility index (Phi) is 3.79. The van der Waals surface area contributed by atoms with E-state index in [2.05, 4.69) is 15.3 Å². The molecule has 1 aliphatic rings. The molecule has 1 heterocycles. The number of nitrogens with zero attached hydrogens (tertiary/aromatic N) is 1. The van der Waals surface area contributed by atoms with Crippen molar-refractivity contribution in [2.75, 3.05) is 6.54 Å². The van der Waals surface area contributed by atoms with Crippen molar-refractivity contribution in [3.63, 3.8) is 0 Å². The van der Waals surface area contributed by atoms with Gasteiger partial charge in [-0.15, -0.1) is 0 Å². The summed E-state index contributed by atoms with van der Waals surface area (Å²) >= 11 is 0. The van der Waals surface area contributed by atoms with Crippen LogP contribution >= 0.6 is 0 Å². The molecule has 4 N–H and O–H groups in total. The average molecular weight is 306 g/mol. The number of H-pyrrole nitrogens is 1. The van der Waals surface area contributed by atoms with E-state index in [0.29, 0.717) is 12.8 Å². The van der Waals surface area contributed by atoms with E-state index in [9.17, 15) is 22.8 Å². The predicted octanol–water partition coefficient (Wildman–Crippen LogP) is 1.35. The summed E-state index contributed by atoms with van der Waals surface area (Å²) in [6, 6.07) is -0.972. The molecular weight excluding hydrogens is 293 g/mol. The average Bonchev–Trinajstić information content (AvgIpc) is 2.80. The summed E-state index contributed by atoms with van der Waals surface area (Å²) in [6.07, 6.45) is -1.70. The number of amides is 2. The van der Waals surface area contributed by atoms with Crippen LogP contribution < -0.4 is 10.6 Å². The number of carboxylic acids is 1. The number of halogens is 3. The first-order valence-electron chi connectivity index (χ1n) is 6.13. The first-order valence-corrected chi connectivity index (χ1v) is 6.13. The Morgan fingerprint density at radius 1 is 1.43 bits per heavy atom. The van der Waals surface area contributed by atoms with Crippen LogP contribution in [0.2, 0.25) is 0 Å². The molecule has 21 heavy (non-hydrogen) atoms. The number of carbonyl (C=O) groups is 2. The summed E-state index contributed by atoms with van der Waals surface area (Å²) in [7, 11) is 0. The van der Waals surface area contributed by atoms with Crippen molar-refractivity contribution in [1.82, 2.24) is 20.6 Å². The highest BCUT2D eigenvalue weighted by molar-refractivity contribution is 5.85. The number of nitrogens with one attached hydrogen (secondary N) is 3. The van der Waals surface area contributed by atoms with Crippen LogP contribution in [0.3, 0.4) is 0 Å². The zero-order valence-corrected chi connectivity index (χ0v) is 10.8. The summed E-state index contributed by atoms with van der Waals surface area (Å²) in [4.78, 5) is 28.8. The van der Waals surface area contributed by atoms with Gasteiger partial charge in [-0.1, -0.05) is 0 Å². The van der Waals surface area contributed by atoms with Gasteiger partial charge >= 0.3 is 18.2 Å². The molecule has 0 saturated heterocycles. The van der Waals surface area contributed by atoms with Crippen LogP contribution in [0.25, 0.3) is 0 Å². The molecule has 1 saturated carbocycles. The number of aromatic nitrogens is 2. The van der Waals surface area contributed by atoms with Gasteiger partial charge in [-0.2, -0.15) is 13.2 Å². The molecule has 10 heteroatoms. The van der Waals surface area contributed by atoms with Crippen molar-refractivity contribution in [3.8, 4) is 0 Å². The van der Waals surface area contributed by atoms with Gasteiger partial charge in [0.25, 0.3) is 0 Å². The van der Waals surface area contributed by atoms with Gasteiger partial charge in [-0.05, 0) is 19.3 Å². The van der Waals surface area contributed by atoms with Crippen molar-refractivity contribution >= 4 is 12.0 Å². The molecule has 116 valence electrons. The second-order valence-corrected chi connectivity index (χ2v) is 4.81. The number of aromatic carboxylic acids is 1. The number of aromatic amines is 1. The third-order valence-electron chi connectivity index (χ3n) is 3.27. The molecule has 0 spiro atoms. The van der Waals surface area contributed by atoms with Gasteiger partial charge < -0.3 is 20.7 Å². The Morgan fingerprint density at radius 3 is 2.52 bits per heavy atom. The van der Waals surface area contributed by atoms with E-state index < -0.39 is 30.3 Å². The Balaban J connectivity index is 2.04. The molecule has 0 unspecified atom stereocenters. The number of rotatable bonds is 4. The minimum absolute atomic E-state index is 0.145. The van der Waals surface area contributed by atoms with Crippen molar-refractivity contribution in [3.05, 3.63) is 17.7 Å². The van der Waals surface area contributed by atoms with E-state index in [0.717, 1.165) is 12.6 Å². The SMILES string of the molecule is O=C(NCC(F)(F)F)NC1(c2ncc(C(=O)O)[nH]2)CCC1. The number of carboxylic acid groups (broad SMARTS) is 1. The normalized spacial score (nSPS) is 16.9.